The topological polar surface area (TPSA) is 86.8 Å². The van der Waals surface area contributed by atoms with Crippen LogP contribution in [0.2, 0.25) is 0 Å². The van der Waals surface area contributed by atoms with Gasteiger partial charge >= 0.3 is 5.69 Å². The molecule has 0 aliphatic carbocycles. The molecule has 2 heterocycles. The lowest BCUT2D eigenvalue weighted by Crippen LogP contribution is -2.37. The van der Waals surface area contributed by atoms with Gasteiger partial charge in [-0.05, 0) is 0 Å². The molecule has 0 radical (unpaired) electrons. The molecule has 7 nitrogen and oxygen atoms in total. The molecule has 22 heavy (non-hydrogen) atoms. The van der Waals surface area contributed by atoms with E-state index < -0.39 is 11.2 Å². The standard InChI is InChI=1S/C15H12N4O3/c1-18-13-11(14(21)19(2)15(18)22)16-8-10(17-13)12(20)9-6-4-3-5-7-9/h3-8H,1-2H3. The van der Waals surface area contributed by atoms with Crippen molar-refractivity contribution in [2.45, 2.75) is 0 Å². The van der Waals surface area contributed by atoms with E-state index in [4.69, 9.17) is 0 Å². The van der Waals surface area contributed by atoms with Crippen molar-refractivity contribution in [3.8, 4) is 0 Å². The molecule has 1 aromatic carbocycles. The minimum atomic E-state index is -0.538. The van der Waals surface area contributed by atoms with Crippen molar-refractivity contribution in [1.29, 1.82) is 0 Å². The Labute approximate surface area is 124 Å². The van der Waals surface area contributed by atoms with Crippen LogP contribution in [0.5, 0.6) is 0 Å². The number of fused-ring (bicyclic) bond motifs is 1. The number of aryl methyl sites for hydroxylation is 1. The van der Waals surface area contributed by atoms with E-state index in [1.165, 1.54) is 24.9 Å². The average Bonchev–Trinajstić information content (AvgIpc) is 2.57. The minimum absolute atomic E-state index is 0.0502. The monoisotopic (exact) mass is 296 g/mol. The van der Waals surface area contributed by atoms with E-state index >= 15 is 0 Å². The zero-order chi connectivity index (χ0) is 15.9. The van der Waals surface area contributed by atoms with Gasteiger partial charge in [0.1, 0.15) is 5.69 Å². The number of aromatic nitrogens is 4. The van der Waals surface area contributed by atoms with E-state index in [1.807, 2.05) is 0 Å². The van der Waals surface area contributed by atoms with Crippen LogP contribution in [0.15, 0.2) is 46.1 Å². The molecule has 2 aromatic heterocycles. The lowest BCUT2D eigenvalue weighted by Gasteiger charge is -2.07. The fourth-order valence-corrected chi connectivity index (χ4v) is 2.17. The van der Waals surface area contributed by atoms with Gasteiger partial charge in [-0.1, -0.05) is 30.3 Å². The zero-order valence-electron chi connectivity index (χ0n) is 12.0. The van der Waals surface area contributed by atoms with E-state index in [1.54, 1.807) is 30.3 Å². The number of benzene rings is 1. The van der Waals surface area contributed by atoms with Crippen LogP contribution in [0.3, 0.4) is 0 Å². The van der Waals surface area contributed by atoms with Crippen molar-refractivity contribution in [2.24, 2.45) is 14.1 Å². The highest BCUT2D eigenvalue weighted by atomic mass is 16.2. The van der Waals surface area contributed by atoms with Gasteiger partial charge in [-0.3, -0.25) is 18.7 Å². The van der Waals surface area contributed by atoms with Gasteiger partial charge in [0.25, 0.3) is 5.56 Å². The third-order valence-electron chi connectivity index (χ3n) is 3.42. The largest absolute Gasteiger partial charge is 0.332 e. The quantitative estimate of drug-likeness (QED) is 0.633. The first-order chi connectivity index (χ1) is 10.5. The molecule has 0 unspecified atom stereocenters. The van der Waals surface area contributed by atoms with E-state index in [2.05, 4.69) is 9.97 Å². The van der Waals surface area contributed by atoms with Crippen LogP contribution in [0, 0.1) is 0 Å². The second-order valence-corrected chi connectivity index (χ2v) is 4.83. The fourth-order valence-electron chi connectivity index (χ4n) is 2.17. The van der Waals surface area contributed by atoms with Crippen LogP contribution in [-0.4, -0.2) is 24.9 Å². The van der Waals surface area contributed by atoms with E-state index in [9.17, 15) is 14.4 Å². The van der Waals surface area contributed by atoms with Gasteiger partial charge in [0.2, 0.25) is 5.78 Å². The van der Waals surface area contributed by atoms with Gasteiger partial charge in [0.15, 0.2) is 11.2 Å². The van der Waals surface area contributed by atoms with Crippen LogP contribution in [0.25, 0.3) is 11.2 Å². The summed E-state index contributed by atoms with van der Waals surface area (Å²) in [6.07, 6.45) is 1.25. The van der Waals surface area contributed by atoms with E-state index in [0.717, 1.165) is 4.57 Å². The molecule has 0 spiro atoms. The Balaban J connectivity index is 2.25. The molecule has 0 amide bonds. The Morgan fingerprint density at radius 1 is 1.05 bits per heavy atom. The van der Waals surface area contributed by atoms with Crippen LogP contribution >= 0.6 is 0 Å². The molecule has 0 aliphatic heterocycles. The first kappa shape index (κ1) is 13.9. The Morgan fingerprint density at radius 2 is 1.73 bits per heavy atom. The van der Waals surface area contributed by atoms with E-state index in [0.29, 0.717) is 5.56 Å². The molecular weight excluding hydrogens is 284 g/mol. The summed E-state index contributed by atoms with van der Waals surface area (Å²) in [7, 11) is 2.85. The van der Waals surface area contributed by atoms with Gasteiger partial charge < -0.3 is 0 Å². The van der Waals surface area contributed by atoms with Gasteiger partial charge in [-0.25, -0.2) is 14.8 Å². The molecule has 110 valence electrons. The van der Waals surface area contributed by atoms with Crippen molar-refractivity contribution < 1.29 is 4.79 Å². The van der Waals surface area contributed by atoms with Crippen molar-refractivity contribution >= 4 is 16.9 Å². The Morgan fingerprint density at radius 3 is 2.41 bits per heavy atom. The molecular formula is C15H12N4O3. The molecule has 0 fully saturated rings. The molecule has 7 heteroatoms. The Kier molecular flexibility index (Phi) is 3.17. The predicted octanol–water partition coefficient (Wildman–Crippen LogP) is 0.258. The van der Waals surface area contributed by atoms with Gasteiger partial charge in [0, 0.05) is 19.7 Å². The van der Waals surface area contributed by atoms with Crippen molar-refractivity contribution in [2.75, 3.05) is 0 Å². The highest BCUT2D eigenvalue weighted by Crippen LogP contribution is 2.09. The van der Waals surface area contributed by atoms with Crippen LogP contribution in [-0.2, 0) is 14.1 Å². The molecule has 0 bridgehead atoms. The molecule has 3 rings (SSSR count). The summed E-state index contributed by atoms with van der Waals surface area (Å²) in [6.45, 7) is 0. The van der Waals surface area contributed by atoms with Crippen molar-refractivity contribution in [3.05, 3.63) is 68.6 Å². The molecule has 0 N–H and O–H groups in total. The summed E-state index contributed by atoms with van der Waals surface area (Å²) in [5.41, 5.74) is -0.364. The highest BCUT2D eigenvalue weighted by molar-refractivity contribution is 6.08. The zero-order valence-corrected chi connectivity index (χ0v) is 12.0. The first-order valence-corrected chi connectivity index (χ1v) is 6.53. The number of hydrogen-bond acceptors (Lipinski definition) is 5. The van der Waals surface area contributed by atoms with Crippen LogP contribution in [0.1, 0.15) is 16.1 Å². The summed E-state index contributed by atoms with van der Waals surface area (Å²) < 4.78 is 2.15. The third kappa shape index (κ3) is 2.03. The Hall–Kier alpha value is -3.09. The van der Waals surface area contributed by atoms with Crippen LogP contribution < -0.4 is 11.2 Å². The van der Waals surface area contributed by atoms with Gasteiger partial charge in [-0.15, -0.1) is 0 Å². The van der Waals surface area contributed by atoms with Gasteiger partial charge in [0.05, 0.1) is 6.20 Å². The minimum Gasteiger partial charge on any atom is -0.287 e. The predicted molar refractivity (Wildman–Crippen MR) is 79.9 cm³/mol. The molecule has 3 aromatic rings. The Bertz CT molecular complexity index is 1000. The number of rotatable bonds is 2. The molecule has 0 aliphatic rings. The van der Waals surface area contributed by atoms with Gasteiger partial charge in [-0.2, -0.15) is 0 Å². The van der Waals surface area contributed by atoms with Crippen LogP contribution in [0.4, 0.5) is 0 Å². The van der Waals surface area contributed by atoms with Crippen molar-refractivity contribution in [1.82, 2.24) is 19.1 Å². The smallest absolute Gasteiger partial charge is 0.287 e. The first-order valence-electron chi connectivity index (χ1n) is 6.53. The number of hydrogen-bond donors (Lipinski definition) is 0. The third-order valence-corrected chi connectivity index (χ3v) is 3.42. The second kappa shape index (κ2) is 5.03. The fraction of sp³-hybridized carbons (Fsp3) is 0.133. The average molecular weight is 296 g/mol. The lowest BCUT2D eigenvalue weighted by atomic mass is 10.1. The SMILES string of the molecule is Cn1c(=O)c2ncc(C(=O)c3ccccc3)nc2n(C)c1=O. The summed E-state index contributed by atoms with van der Waals surface area (Å²) in [6, 6.07) is 8.62. The second-order valence-electron chi connectivity index (χ2n) is 4.83. The number of nitrogens with zero attached hydrogens (tertiary/aromatic N) is 4. The maximum absolute atomic E-state index is 12.4. The maximum Gasteiger partial charge on any atom is 0.332 e. The summed E-state index contributed by atoms with van der Waals surface area (Å²) in [5.74, 6) is -0.317. The maximum atomic E-state index is 12.4. The molecule has 0 saturated carbocycles. The molecule has 0 saturated heterocycles. The normalized spacial score (nSPS) is 10.8. The molecule has 0 atom stereocenters. The number of carbonyl (C=O) groups is 1. The number of ketones is 1. The highest BCUT2D eigenvalue weighted by Gasteiger charge is 2.16. The summed E-state index contributed by atoms with van der Waals surface area (Å²) in [4.78, 5) is 44.5. The van der Waals surface area contributed by atoms with E-state index in [-0.39, 0.29) is 22.6 Å². The summed E-state index contributed by atoms with van der Waals surface area (Å²) >= 11 is 0. The lowest BCUT2D eigenvalue weighted by molar-refractivity contribution is 0.103. The van der Waals surface area contributed by atoms with Crippen molar-refractivity contribution in [3.63, 3.8) is 0 Å². The summed E-state index contributed by atoms with van der Waals surface area (Å²) in [5, 5.41) is 0. The number of carbonyl (C=O) groups excluding carboxylic acids is 1.